The van der Waals surface area contributed by atoms with E-state index in [0.717, 1.165) is 6.42 Å². The number of hydrogen-bond donors (Lipinski definition) is 1. The van der Waals surface area contributed by atoms with Crippen molar-refractivity contribution >= 4 is 35.1 Å². The van der Waals surface area contributed by atoms with Crippen molar-refractivity contribution in [2.24, 2.45) is 0 Å². The smallest absolute Gasteiger partial charge is 0.214 e. The quantitative estimate of drug-likeness (QED) is 0.314. The van der Waals surface area contributed by atoms with Gasteiger partial charge < -0.3 is 9.62 Å². The number of pyridine rings is 1. The van der Waals surface area contributed by atoms with Gasteiger partial charge in [-0.1, -0.05) is 17.7 Å². The van der Waals surface area contributed by atoms with Crippen molar-refractivity contribution in [3.63, 3.8) is 0 Å². The number of nitrogens with zero attached hydrogens (tertiary/aromatic N) is 3. The predicted octanol–water partition coefficient (Wildman–Crippen LogP) is 5.97. The van der Waals surface area contributed by atoms with Crippen molar-refractivity contribution in [3.05, 3.63) is 46.9 Å². The first-order valence-corrected chi connectivity index (χ1v) is 11.1. The summed E-state index contributed by atoms with van der Waals surface area (Å²) in [6.07, 6.45) is 0.902. The summed E-state index contributed by atoms with van der Waals surface area (Å²) in [7, 11) is 0. The first kappa shape index (κ1) is 23.0. The molecule has 30 heavy (non-hydrogen) atoms. The fourth-order valence-corrected chi connectivity index (χ4v) is 5.09. The van der Waals surface area contributed by atoms with Gasteiger partial charge in [0.15, 0.2) is 5.82 Å². The first-order chi connectivity index (χ1) is 14.2. The molecule has 1 atom stereocenters. The van der Waals surface area contributed by atoms with Gasteiger partial charge in [-0.05, 0) is 58.2 Å². The highest BCUT2D eigenvalue weighted by atomic mass is 35.5. The Balaban J connectivity index is 1.78. The van der Waals surface area contributed by atoms with E-state index in [2.05, 4.69) is 42.3 Å². The third-order valence-electron chi connectivity index (χ3n) is 5.19. The van der Waals surface area contributed by atoms with Crippen LogP contribution in [-0.4, -0.2) is 41.1 Å². The molecule has 4 nitrogen and oxygen atoms in total. The zero-order chi connectivity index (χ0) is 22.0. The zero-order valence-corrected chi connectivity index (χ0v) is 19.0. The van der Waals surface area contributed by atoms with E-state index in [1.165, 1.54) is 24.3 Å². The van der Waals surface area contributed by atoms with E-state index in [1.807, 2.05) is 4.90 Å². The number of halogens is 4. The molecule has 0 aliphatic carbocycles. The van der Waals surface area contributed by atoms with Crippen molar-refractivity contribution in [1.29, 1.82) is 0 Å². The van der Waals surface area contributed by atoms with Crippen LogP contribution < -0.4 is 9.62 Å². The van der Waals surface area contributed by atoms with Gasteiger partial charge in [0.2, 0.25) is 5.95 Å². The molecule has 1 fully saturated rings. The van der Waals surface area contributed by atoms with Crippen LogP contribution in [0.25, 0.3) is 0 Å². The molecule has 9 heteroatoms. The summed E-state index contributed by atoms with van der Waals surface area (Å²) in [5.41, 5.74) is 0.356. The van der Waals surface area contributed by atoms with E-state index < -0.39 is 17.6 Å². The average molecular weight is 459 g/mol. The lowest BCUT2D eigenvalue weighted by Gasteiger charge is -2.36. The molecule has 0 radical (unpaired) electrons. The Morgan fingerprint density at radius 1 is 1.20 bits per heavy atom. The predicted molar refractivity (Wildman–Crippen MR) is 118 cm³/mol. The van der Waals surface area contributed by atoms with Gasteiger partial charge in [-0.15, -0.1) is 0 Å². The molecular formula is C21H26ClF3N4S. The molecule has 2 aromatic rings. The van der Waals surface area contributed by atoms with E-state index in [0.29, 0.717) is 48.9 Å². The fourth-order valence-electron chi connectivity index (χ4n) is 4.10. The van der Waals surface area contributed by atoms with Gasteiger partial charge in [-0.25, -0.2) is 13.8 Å². The largest absolute Gasteiger partial charge is 0.369 e. The topological polar surface area (TPSA) is 31.4 Å². The highest BCUT2D eigenvalue weighted by molar-refractivity contribution is 8.00. The highest BCUT2D eigenvalue weighted by Gasteiger charge is 2.33. The van der Waals surface area contributed by atoms with Gasteiger partial charge in [0, 0.05) is 37.3 Å². The minimum Gasteiger partial charge on any atom is -0.369 e. The SMILES string of the molecule is CC(C)N(C(C)C)C1CCN(c2cc(F)c(SNc3cccc(F)n3)c(F)c2Cl)C1. The maximum absolute atomic E-state index is 14.9. The van der Waals surface area contributed by atoms with Crippen LogP contribution in [0.1, 0.15) is 34.1 Å². The number of aromatic nitrogens is 1. The summed E-state index contributed by atoms with van der Waals surface area (Å²) in [5.74, 6) is -2.10. The third kappa shape index (κ3) is 4.98. The van der Waals surface area contributed by atoms with Crippen LogP contribution in [0.4, 0.5) is 24.7 Å². The molecule has 3 rings (SSSR count). The Bertz CT molecular complexity index is 889. The van der Waals surface area contributed by atoms with Crippen LogP contribution in [0.5, 0.6) is 0 Å². The number of nitrogens with one attached hydrogen (secondary N) is 1. The Labute approximate surface area is 184 Å². The zero-order valence-electron chi connectivity index (χ0n) is 17.4. The van der Waals surface area contributed by atoms with Gasteiger partial charge in [0.1, 0.15) is 21.6 Å². The second-order valence-corrected chi connectivity index (χ2v) is 9.10. The Hall–Kier alpha value is -1.64. The van der Waals surface area contributed by atoms with Crippen LogP contribution in [0, 0.1) is 17.6 Å². The summed E-state index contributed by atoms with van der Waals surface area (Å²) in [6.45, 7) is 9.95. The normalized spacial score (nSPS) is 16.9. The van der Waals surface area contributed by atoms with Crippen molar-refractivity contribution in [2.75, 3.05) is 22.7 Å². The molecule has 1 aromatic heterocycles. The minimum absolute atomic E-state index is 0.116. The molecule has 1 aliphatic rings. The Morgan fingerprint density at radius 3 is 2.53 bits per heavy atom. The molecule has 2 heterocycles. The monoisotopic (exact) mass is 458 g/mol. The lowest BCUT2D eigenvalue weighted by Crippen LogP contribution is -2.46. The summed E-state index contributed by atoms with van der Waals surface area (Å²) in [4.78, 5) is 7.69. The highest BCUT2D eigenvalue weighted by Crippen LogP contribution is 2.39. The maximum atomic E-state index is 14.9. The van der Waals surface area contributed by atoms with Gasteiger partial charge >= 0.3 is 0 Å². The Kier molecular flexibility index (Phi) is 7.42. The van der Waals surface area contributed by atoms with Crippen LogP contribution >= 0.6 is 23.5 Å². The van der Waals surface area contributed by atoms with Gasteiger partial charge in [-0.3, -0.25) is 4.90 Å². The number of hydrogen-bond acceptors (Lipinski definition) is 5. The van der Waals surface area contributed by atoms with E-state index in [9.17, 15) is 13.2 Å². The lowest BCUT2D eigenvalue weighted by atomic mass is 10.1. The fraction of sp³-hybridized carbons (Fsp3) is 0.476. The molecule has 1 N–H and O–H groups in total. The summed E-state index contributed by atoms with van der Waals surface area (Å²) in [6, 6.07) is 6.45. The number of benzene rings is 1. The molecule has 1 saturated heterocycles. The van der Waals surface area contributed by atoms with Crippen molar-refractivity contribution in [3.8, 4) is 0 Å². The first-order valence-electron chi connectivity index (χ1n) is 9.94. The molecule has 1 aliphatic heterocycles. The van der Waals surface area contributed by atoms with Crippen LogP contribution in [0.3, 0.4) is 0 Å². The maximum Gasteiger partial charge on any atom is 0.214 e. The van der Waals surface area contributed by atoms with Crippen LogP contribution in [0.2, 0.25) is 5.02 Å². The van der Waals surface area contributed by atoms with Crippen LogP contribution in [-0.2, 0) is 0 Å². The van der Waals surface area contributed by atoms with Gasteiger partial charge in [-0.2, -0.15) is 4.39 Å². The lowest BCUT2D eigenvalue weighted by molar-refractivity contribution is 0.124. The molecule has 1 unspecified atom stereocenters. The number of rotatable bonds is 7. The molecule has 164 valence electrons. The second-order valence-electron chi connectivity index (χ2n) is 7.91. The van der Waals surface area contributed by atoms with Crippen molar-refractivity contribution < 1.29 is 13.2 Å². The van der Waals surface area contributed by atoms with E-state index in [-0.39, 0.29) is 15.7 Å². The van der Waals surface area contributed by atoms with Gasteiger partial charge in [0.05, 0.1) is 5.69 Å². The van der Waals surface area contributed by atoms with Gasteiger partial charge in [0.25, 0.3) is 0 Å². The molecular weight excluding hydrogens is 433 g/mol. The molecule has 0 bridgehead atoms. The Morgan fingerprint density at radius 2 is 1.90 bits per heavy atom. The van der Waals surface area contributed by atoms with Crippen molar-refractivity contribution in [1.82, 2.24) is 9.88 Å². The van der Waals surface area contributed by atoms with Crippen LogP contribution in [0.15, 0.2) is 29.2 Å². The molecule has 1 aromatic carbocycles. The molecule has 0 saturated carbocycles. The minimum atomic E-state index is -0.839. The molecule has 0 spiro atoms. The second kappa shape index (κ2) is 9.66. The molecule has 0 amide bonds. The average Bonchev–Trinajstić information content (AvgIpc) is 3.13. The number of anilines is 2. The van der Waals surface area contributed by atoms with E-state index >= 15 is 0 Å². The van der Waals surface area contributed by atoms with Crippen molar-refractivity contribution in [2.45, 2.75) is 57.1 Å². The summed E-state index contributed by atoms with van der Waals surface area (Å²) >= 11 is 6.97. The van der Waals surface area contributed by atoms with E-state index in [1.54, 1.807) is 0 Å². The third-order valence-corrected chi connectivity index (χ3v) is 6.44. The standard InChI is InChI=1S/C21H26ClF3N4S/c1-12(2)29(13(3)4)14-8-9-28(11-14)16-10-15(23)21(20(25)19(16)22)30-27-18-7-5-6-17(24)26-18/h5-7,10,12-14H,8-9,11H2,1-4H3,(H,26,27). The summed E-state index contributed by atoms with van der Waals surface area (Å²) in [5, 5.41) is -0.116. The van der Waals surface area contributed by atoms with E-state index in [4.69, 9.17) is 11.6 Å². The summed E-state index contributed by atoms with van der Waals surface area (Å²) < 4.78 is 45.5.